The summed E-state index contributed by atoms with van der Waals surface area (Å²) >= 11 is 0. The van der Waals surface area contributed by atoms with Crippen LogP contribution in [0.1, 0.15) is 16.1 Å². The number of nitrogens with zero attached hydrogens (tertiary/aromatic N) is 1. The lowest BCUT2D eigenvalue weighted by atomic mass is 10.1. The maximum absolute atomic E-state index is 12.1. The standard InChI is InChI=1S/C14H15N3O2/c1-9-4-3-5-13(16-9)17-14(18)11-7-6-10(19-2)8-12(11)15/h3-8H,15H2,1-2H3,(H,16,17,18). The van der Waals surface area contributed by atoms with Gasteiger partial charge in [-0.15, -0.1) is 0 Å². The Kier molecular flexibility index (Phi) is 3.66. The molecule has 0 aliphatic carbocycles. The van der Waals surface area contributed by atoms with Crippen LogP contribution in [-0.4, -0.2) is 18.0 Å². The lowest BCUT2D eigenvalue weighted by Gasteiger charge is -2.08. The molecule has 19 heavy (non-hydrogen) atoms. The van der Waals surface area contributed by atoms with Gasteiger partial charge in [-0.1, -0.05) is 6.07 Å². The van der Waals surface area contributed by atoms with E-state index in [0.29, 0.717) is 22.8 Å². The minimum absolute atomic E-state index is 0.293. The molecule has 0 unspecified atom stereocenters. The average molecular weight is 257 g/mol. The molecule has 1 aromatic heterocycles. The van der Waals surface area contributed by atoms with Gasteiger partial charge < -0.3 is 15.8 Å². The molecule has 0 aliphatic rings. The first-order valence-electron chi connectivity index (χ1n) is 5.78. The second-order valence-corrected chi connectivity index (χ2v) is 4.07. The van der Waals surface area contributed by atoms with Crippen LogP contribution in [0.4, 0.5) is 11.5 Å². The molecule has 0 saturated carbocycles. The molecule has 1 amide bonds. The van der Waals surface area contributed by atoms with Gasteiger partial charge in [0.2, 0.25) is 0 Å². The molecule has 0 saturated heterocycles. The van der Waals surface area contributed by atoms with Gasteiger partial charge in [0, 0.05) is 17.4 Å². The van der Waals surface area contributed by atoms with Crippen molar-refractivity contribution in [3.63, 3.8) is 0 Å². The second-order valence-electron chi connectivity index (χ2n) is 4.07. The highest BCUT2D eigenvalue weighted by Crippen LogP contribution is 2.20. The topological polar surface area (TPSA) is 77.2 Å². The lowest BCUT2D eigenvalue weighted by Crippen LogP contribution is -2.15. The number of anilines is 2. The van der Waals surface area contributed by atoms with Crippen molar-refractivity contribution in [2.45, 2.75) is 6.92 Å². The third-order valence-corrected chi connectivity index (χ3v) is 2.63. The van der Waals surface area contributed by atoms with Crippen LogP contribution < -0.4 is 15.8 Å². The molecular formula is C14H15N3O2. The van der Waals surface area contributed by atoms with E-state index in [0.717, 1.165) is 5.69 Å². The summed E-state index contributed by atoms with van der Waals surface area (Å²) in [5, 5.41) is 2.71. The quantitative estimate of drug-likeness (QED) is 0.827. The molecule has 5 heteroatoms. The van der Waals surface area contributed by atoms with Crippen LogP contribution >= 0.6 is 0 Å². The normalized spacial score (nSPS) is 10.0. The monoisotopic (exact) mass is 257 g/mol. The van der Waals surface area contributed by atoms with Crippen LogP contribution in [0.15, 0.2) is 36.4 Å². The summed E-state index contributed by atoms with van der Waals surface area (Å²) in [6.45, 7) is 1.86. The molecule has 5 nitrogen and oxygen atoms in total. The fourth-order valence-electron chi connectivity index (χ4n) is 1.67. The van der Waals surface area contributed by atoms with E-state index < -0.39 is 0 Å². The van der Waals surface area contributed by atoms with Crippen LogP contribution in [0.3, 0.4) is 0 Å². The molecule has 1 heterocycles. The number of hydrogen-bond donors (Lipinski definition) is 2. The van der Waals surface area contributed by atoms with E-state index >= 15 is 0 Å². The van der Waals surface area contributed by atoms with E-state index in [-0.39, 0.29) is 5.91 Å². The van der Waals surface area contributed by atoms with Gasteiger partial charge in [-0.25, -0.2) is 4.98 Å². The Morgan fingerprint density at radius 2 is 2.11 bits per heavy atom. The summed E-state index contributed by atoms with van der Waals surface area (Å²) in [6, 6.07) is 10.3. The number of carbonyl (C=O) groups excluding carboxylic acids is 1. The van der Waals surface area contributed by atoms with E-state index in [1.807, 2.05) is 19.1 Å². The number of benzene rings is 1. The number of nitrogens with one attached hydrogen (secondary N) is 1. The van der Waals surface area contributed by atoms with Crippen LogP contribution in [-0.2, 0) is 0 Å². The summed E-state index contributed by atoms with van der Waals surface area (Å²) in [5.74, 6) is 0.821. The molecule has 3 N–H and O–H groups in total. The molecule has 2 aromatic rings. The lowest BCUT2D eigenvalue weighted by molar-refractivity contribution is 0.102. The van der Waals surface area contributed by atoms with Crippen molar-refractivity contribution in [1.29, 1.82) is 0 Å². The van der Waals surface area contributed by atoms with Gasteiger partial charge in [-0.2, -0.15) is 0 Å². The van der Waals surface area contributed by atoms with E-state index in [4.69, 9.17) is 10.5 Å². The third kappa shape index (κ3) is 3.01. The Labute approximate surface area is 111 Å². The minimum Gasteiger partial charge on any atom is -0.497 e. The fraction of sp³-hybridized carbons (Fsp3) is 0.143. The zero-order valence-corrected chi connectivity index (χ0v) is 10.8. The number of hydrogen-bond acceptors (Lipinski definition) is 4. The van der Waals surface area contributed by atoms with E-state index in [2.05, 4.69) is 10.3 Å². The van der Waals surface area contributed by atoms with Crippen molar-refractivity contribution in [1.82, 2.24) is 4.98 Å². The number of amides is 1. The number of carbonyl (C=O) groups is 1. The van der Waals surface area contributed by atoms with Crippen LogP contribution in [0.5, 0.6) is 5.75 Å². The number of pyridine rings is 1. The van der Waals surface area contributed by atoms with Crippen molar-refractivity contribution in [2.75, 3.05) is 18.2 Å². The first-order valence-corrected chi connectivity index (χ1v) is 5.78. The van der Waals surface area contributed by atoms with E-state index in [1.54, 1.807) is 31.4 Å². The highest BCUT2D eigenvalue weighted by atomic mass is 16.5. The van der Waals surface area contributed by atoms with Gasteiger partial charge in [0.1, 0.15) is 11.6 Å². The van der Waals surface area contributed by atoms with Crippen LogP contribution in [0, 0.1) is 6.92 Å². The molecule has 0 atom stereocenters. The van der Waals surface area contributed by atoms with Gasteiger partial charge in [-0.3, -0.25) is 4.79 Å². The Hall–Kier alpha value is -2.56. The zero-order chi connectivity index (χ0) is 13.8. The number of aryl methyl sites for hydroxylation is 1. The molecule has 1 aromatic carbocycles. The summed E-state index contributed by atoms with van der Waals surface area (Å²) in [7, 11) is 1.55. The number of ether oxygens (including phenoxy) is 1. The predicted octanol–water partition coefficient (Wildman–Crippen LogP) is 2.23. The Balaban J connectivity index is 2.20. The first-order chi connectivity index (χ1) is 9.10. The predicted molar refractivity (Wildman–Crippen MR) is 74.3 cm³/mol. The van der Waals surface area contributed by atoms with Gasteiger partial charge >= 0.3 is 0 Å². The van der Waals surface area contributed by atoms with Crippen molar-refractivity contribution < 1.29 is 9.53 Å². The fourth-order valence-corrected chi connectivity index (χ4v) is 1.67. The summed E-state index contributed by atoms with van der Waals surface area (Å²) in [6.07, 6.45) is 0. The van der Waals surface area contributed by atoms with Gasteiger partial charge in [0.15, 0.2) is 0 Å². The first kappa shape index (κ1) is 12.9. The SMILES string of the molecule is COc1ccc(C(=O)Nc2cccc(C)n2)c(N)c1. The number of nitrogens with two attached hydrogens (primary N) is 1. The highest BCUT2D eigenvalue weighted by molar-refractivity contribution is 6.07. The number of nitrogen functional groups attached to an aromatic ring is 1. The molecule has 0 spiro atoms. The summed E-state index contributed by atoms with van der Waals surface area (Å²) < 4.78 is 5.04. The third-order valence-electron chi connectivity index (χ3n) is 2.63. The van der Waals surface area contributed by atoms with Crippen molar-refractivity contribution in [3.05, 3.63) is 47.7 Å². The highest BCUT2D eigenvalue weighted by Gasteiger charge is 2.11. The molecule has 0 bridgehead atoms. The maximum atomic E-state index is 12.1. The van der Waals surface area contributed by atoms with Gasteiger partial charge in [-0.05, 0) is 31.2 Å². The summed E-state index contributed by atoms with van der Waals surface area (Å²) in [4.78, 5) is 16.3. The van der Waals surface area contributed by atoms with E-state index in [1.165, 1.54) is 0 Å². The van der Waals surface area contributed by atoms with Crippen molar-refractivity contribution in [2.24, 2.45) is 0 Å². The van der Waals surface area contributed by atoms with E-state index in [9.17, 15) is 4.79 Å². The van der Waals surface area contributed by atoms with Gasteiger partial charge in [0.25, 0.3) is 5.91 Å². The molecule has 0 radical (unpaired) electrons. The molecule has 0 fully saturated rings. The largest absolute Gasteiger partial charge is 0.497 e. The summed E-state index contributed by atoms with van der Waals surface area (Å²) in [5.41, 5.74) is 7.41. The smallest absolute Gasteiger partial charge is 0.258 e. The second kappa shape index (κ2) is 5.39. The molecular weight excluding hydrogens is 242 g/mol. The Morgan fingerprint density at radius 1 is 1.32 bits per heavy atom. The molecule has 2 rings (SSSR count). The maximum Gasteiger partial charge on any atom is 0.258 e. The Morgan fingerprint density at radius 3 is 2.74 bits per heavy atom. The van der Waals surface area contributed by atoms with Crippen LogP contribution in [0.2, 0.25) is 0 Å². The minimum atomic E-state index is -0.293. The molecule has 0 aliphatic heterocycles. The number of methoxy groups -OCH3 is 1. The van der Waals surface area contributed by atoms with Crippen molar-refractivity contribution in [3.8, 4) is 5.75 Å². The van der Waals surface area contributed by atoms with Crippen LogP contribution in [0.25, 0.3) is 0 Å². The number of rotatable bonds is 3. The molecule has 98 valence electrons. The van der Waals surface area contributed by atoms with Gasteiger partial charge in [0.05, 0.1) is 12.7 Å². The average Bonchev–Trinajstić information content (AvgIpc) is 2.38. The van der Waals surface area contributed by atoms with Crippen molar-refractivity contribution >= 4 is 17.4 Å². The zero-order valence-electron chi connectivity index (χ0n) is 10.8. The Bertz CT molecular complexity index is 611. The number of aromatic nitrogens is 1.